The molecule has 0 bridgehead atoms. The van der Waals surface area contributed by atoms with E-state index in [1.165, 1.54) is 19.2 Å². The van der Waals surface area contributed by atoms with Crippen molar-refractivity contribution in [2.24, 2.45) is 0 Å². The maximum absolute atomic E-state index is 12.0. The van der Waals surface area contributed by atoms with Crippen LogP contribution < -0.4 is 14.8 Å². The number of aryl methyl sites for hydroxylation is 1. The number of esters is 1. The van der Waals surface area contributed by atoms with Crippen LogP contribution in [0.15, 0.2) is 27.8 Å². The number of aromatic nitrogens is 2. The second-order valence-electron chi connectivity index (χ2n) is 4.53. The highest BCUT2D eigenvalue weighted by Crippen LogP contribution is 2.16. The van der Waals surface area contributed by atoms with E-state index in [0.29, 0.717) is 5.69 Å². The molecule has 0 aliphatic rings. The fourth-order valence-electron chi connectivity index (χ4n) is 1.58. The standard InChI is InChI=1S/C13H14N4O6S2/c1-8-6-9(23-7-10(18)22-2)15-12(14-8)16-13(19)17-25(20,21)11-4-3-5-24-11/h3-6H,7H2,1-2H3,(H2,14,15,16,17,19). The number of urea groups is 1. The van der Waals surface area contributed by atoms with Crippen LogP contribution >= 0.6 is 11.3 Å². The third-order valence-electron chi connectivity index (χ3n) is 2.61. The van der Waals surface area contributed by atoms with E-state index in [2.05, 4.69) is 20.0 Å². The Morgan fingerprint density at radius 3 is 2.72 bits per heavy atom. The van der Waals surface area contributed by atoms with Crippen LogP contribution in [0.3, 0.4) is 0 Å². The number of ether oxygens (including phenoxy) is 2. The molecule has 0 spiro atoms. The third kappa shape index (κ3) is 5.39. The molecule has 0 saturated carbocycles. The van der Waals surface area contributed by atoms with Crippen molar-refractivity contribution in [1.82, 2.24) is 14.7 Å². The van der Waals surface area contributed by atoms with Gasteiger partial charge < -0.3 is 9.47 Å². The maximum Gasteiger partial charge on any atom is 0.343 e. The summed E-state index contributed by atoms with van der Waals surface area (Å²) in [6.45, 7) is 1.24. The average Bonchev–Trinajstić information content (AvgIpc) is 3.06. The molecule has 2 aromatic rings. The summed E-state index contributed by atoms with van der Waals surface area (Å²) in [4.78, 5) is 30.7. The molecule has 0 fully saturated rings. The molecule has 2 aromatic heterocycles. The molecule has 0 radical (unpaired) electrons. The van der Waals surface area contributed by atoms with E-state index in [0.717, 1.165) is 11.3 Å². The quantitative estimate of drug-likeness (QED) is 0.699. The van der Waals surface area contributed by atoms with Crippen LogP contribution in [-0.4, -0.2) is 44.1 Å². The van der Waals surface area contributed by atoms with Gasteiger partial charge in [0, 0.05) is 11.8 Å². The zero-order valence-electron chi connectivity index (χ0n) is 13.2. The second kappa shape index (κ2) is 7.90. The molecule has 25 heavy (non-hydrogen) atoms. The fraction of sp³-hybridized carbons (Fsp3) is 0.231. The van der Waals surface area contributed by atoms with E-state index in [-0.39, 0.29) is 22.6 Å². The number of thiophene rings is 1. The first-order valence-electron chi connectivity index (χ1n) is 6.73. The monoisotopic (exact) mass is 386 g/mol. The molecule has 2 heterocycles. The molecule has 0 atom stereocenters. The lowest BCUT2D eigenvalue weighted by atomic mass is 10.4. The Kier molecular flexibility index (Phi) is 5.88. The Balaban J connectivity index is 2.05. The van der Waals surface area contributed by atoms with E-state index in [9.17, 15) is 18.0 Å². The number of carbonyl (C=O) groups excluding carboxylic acids is 2. The van der Waals surface area contributed by atoms with Crippen LogP contribution in [0.25, 0.3) is 0 Å². The summed E-state index contributed by atoms with van der Waals surface area (Å²) in [5, 5.41) is 3.77. The van der Waals surface area contributed by atoms with Crippen LogP contribution in [-0.2, 0) is 19.6 Å². The second-order valence-corrected chi connectivity index (χ2v) is 7.38. The van der Waals surface area contributed by atoms with Gasteiger partial charge in [-0.2, -0.15) is 4.98 Å². The maximum atomic E-state index is 12.0. The van der Waals surface area contributed by atoms with Crippen molar-refractivity contribution in [2.75, 3.05) is 19.0 Å². The molecule has 0 saturated heterocycles. The number of hydrogen-bond donors (Lipinski definition) is 2. The summed E-state index contributed by atoms with van der Waals surface area (Å²) in [6.07, 6.45) is 0. The van der Waals surface area contributed by atoms with Crippen molar-refractivity contribution in [3.05, 3.63) is 29.3 Å². The highest BCUT2D eigenvalue weighted by molar-refractivity contribution is 7.92. The van der Waals surface area contributed by atoms with Crippen molar-refractivity contribution in [2.45, 2.75) is 11.1 Å². The highest BCUT2D eigenvalue weighted by Gasteiger charge is 2.19. The minimum Gasteiger partial charge on any atom is -0.466 e. The topological polar surface area (TPSA) is 137 Å². The van der Waals surface area contributed by atoms with Crippen molar-refractivity contribution in [3.8, 4) is 5.88 Å². The van der Waals surface area contributed by atoms with E-state index in [1.807, 2.05) is 4.72 Å². The number of nitrogens with one attached hydrogen (secondary N) is 2. The lowest BCUT2D eigenvalue weighted by Gasteiger charge is -2.09. The molecular formula is C13H14N4O6S2. The summed E-state index contributed by atoms with van der Waals surface area (Å²) in [5.41, 5.74) is 0.436. The summed E-state index contributed by atoms with van der Waals surface area (Å²) in [6, 6.07) is 3.32. The average molecular weight is 386 g/mol. The predicted molar refractivity (Wildman–Crippen MR) is 87.9 cm³/mol. The minimum atomic E-state index is -3.97. The van der Waals surface area contributed by atoms with Crippen molar-refractivity contribution >= 4 is 39.3 Å². The van der Waals surface area contributed by atoms with Crippen molar-refractivity contribution in [1.29, 1.82) is 0 Å². The Morgan fingerprint density at radius 1 is 1.32 bits per heavy atom. The van der Waals surface area contributed by atoms with Crippen LogP contribution in [0, 0.1) is 6.92 Å². The third-order valence-corrected chi connectivity index (χ3v) is 5.34. The van der Waals surface area contributed by atoms with Crippen LogP contribution in [0.5, 0.6) is 5.88 Å². The SMILES string of the molecule is COC(=O)COc1cc(C)nc(NC(=O)NS(=O)(=O)c2cccs2)n1. The Morgan fingerprint density at radius 2 is 2.08 bits per heavy atom. The van der Waals surface area contributed by atoms with Gasteiger partial charge in [0.25, 0.3) is 10.0 Å². The molecule has 10 nitrogen and oxygen atoms in total. The lowest BCUT2D eigenvalue weighted by molar-refractivity contribution is -0.143. The van der Waals surface area contributed by atoms with E-state index >= 15 is 0 Å². The Hall–Kier alpha value is -2.73. The van der Waals surface area contributed by atoms with Crippen LogP contribution in [0.2, 0.25) is 0 Å². The Labute approximate surface area is 147 Å². The van der Waals surface area contributed by atoms with Gasteiger partial charge in [0.1, 0.15) is 4.21 Å². The fourth-order valence-corrected chi connectivity index (χ4v) is 3.48. The number of anilines is 1. The van der Waals surface area contributed by atoms with Gasteiger partial charge in [0.2, 0.25) is 11.8 Å². The summed E-state index contributed by atoms with van der Waals surface area (Å²) in [7, 11) is -2.76. The molecule has 2 rings (SSSR count). The molecule has 0 aliphatic carbocycles. The number of methoxy groups -OCH3 is 1. The zero-order valence-corrected chi connectivity index (χ0v) is 14.8. The largest absolute Gasteiger partial charge is 0.466 e. The first kappa shape index (κ1) is 18.6. The number of nitrogens with zero attached hydrogens (tertiary/aromatic N) is 2. The number of amides is 2. The smallest absolute Gasteiger partial charge is 0.343 e. The van der Waals surface area contributed by atoms with Gasteiger partial charge in [0.05, 0.1) is 7.11 Å². The van der Waals surface area contributed by atoms with Gasteiger partial charge in [-0.25, -0.2) is 27.7 Å². The summed E-state index contributed by atoms with van der Waals surface area (Å²) >= 11 is 0.969. The molecule has 12 heteroatoms. The van der Waals surface area contributed by atoms with E-state index in [1.54, 1.807) is 18.4 Å². The van der Waals surface area contributed by atoms with Gasteiger partial charge in [-0.05, 0) is 18.4 Å². The van der Waals surface area contributed by atoms with Gasteiger partial charge in [-0.3, -0.25) is 5.32 Å². The van der Waals surface area contributed by atoms with Gasteiger partial charge in [-0.15, -0.1) is 11.3 Å². The van der Waals surface area contributed by atoms with Crippen molar-refractivity contribution in [3.63, 3.8) is 0 Å². The van der Waals surface area contributed by atoms with Crippen LogP contribution in [0.4, 0.5) is 10.7 Å². The molecule has 134 valence electrons. The van der Waals surface area contributed by atoms with Gasteiger partial charge in [-0.1, -0.05) is 6.07 Å². The minimum absolute atomic E-state index is 0.00471. The van der Waals surface area contributed by atoms with Crippen molar-refractivity contribution < 1.29 is 27.5 Å². The Bertz CT molecular complexity index is 867. The number of carbonyl (C=O) groups is 2. The first-order chi connectivity index (χ1) is 11.8. The molecule has 2 amide bonds. The van der Waals surface area contributed by atoms with Crippen LogP contribution in [0.1, 0.15) is 5.69 Å². The van der Waals surface area contributed by atoms with E-state index in [4.69, 9.17) is 4.74 Å². The normalized spacial score (nSPS) is 10.8. The zero-order chi connectivity index (χ0) is 18.4. The lowest BCUT2D eigenvalue weighted by Crippen LogP contribution is -2.34. The summed E-state index contributed by atoms with van der Waals surface area (Å²) in [5.74, 6) is -0.765. The number of hydrogen-bond acceptors (Lipinski definition) is 9. The molecule has 2 N–H and O–H groups in total. The summed E-state index contributed by atoms with van der Waals surface area (Å²) < 4.78 is 35.3. The van der Waals surface area contributed by atoms with E-state index < -0.39 is 22.0 Å². The molecule has 0 aliphatic heterocycles. The van der Waals surface area contributed by atoms with Gasteiger partial charge in [0.15, 0.2) is 6.61 Å². The highest BCUT2D eigenvalue weighted by atomic mass is 32.2. The predicted octanol–water partition coefficient (Wildman–Crippen LogP) is 0.909. The number of rotatable bonds is 6. The molecule has 0 unspecified atom stereocenters. The molecular weight excluding hydrogens is 372 g/mol. The molecule has 0 aromatic carbocycles. The van der Waals surface area contributed by atoms with Gasteiger partial charge >= 0.3 is 12.0 Å². The first-order valence-corrected chi connectivity index (χ1v) is 9.09. The number of sulfonamides is 1.